The molecule has 0 aromatic heterocycles. The molecule has 1 amide bonds. The number of carbonyl (C=O) groups excluding carboxylic acids is 1. The van der Waals surface area contributed by atoms with Crippen molar-refractivity contribution in [2.75, 3.05) is 13.2 Å². The number of rotatable bonds is 22. The fraction of sp³-hybridized carbons (Fsp3) is 0.966. The molecule has 0 radical (unpaired) electrons. The monoisotopic (exact) mass is 499 g/mol. The molecular formula is C29H57NO5. The maximum absolute atomic E-state index is 13.1. The van der Waals surface area contributed by atoms with Gasteiger partial charge in [0.1, 0.15) is 18.3 Å². The molecule has 1 fully saturated rings. The van der Waals surface area contributed by atoms with Gasteiger partial charge in [-0.15, -0.1) is 0 Å². The summed E-state index contributed by atoms with van der Waals surface area (Å²) >= 11 is 0. The number of unbranched alkanes of at least 4 members (excludes halogenated alkanes) is 17. The van der Waals surface area contributed by atoms with Gasteiger partial charge in [-0.05, 0) is 12.8 Å². The average molecular weight is 500 g/mol. The van der Waals surface area contributed by atoms with Gasteiger partial charge in [0.25, 0.3) is 0 Å². The van der Waals surface area contributed by atoms with Crippen LogP contribution in [-0.4, -0.2) is 63.8 Å². The molecule has 1 aliphatic heterocycles. The van der Waals surface area contributed by atoms with E-state index in [1.165, 1.54) is 83.5 Å². The van der Waals surface area contributed by atoms with Crippen LogP contribution in [0.5, 0.6) is 0 Å². The number of nitrogens with zero attached hydrogens (tertiary/aromatic N) is 1. The molecule has 6 nitrogen and oxygen atoms in total. The molecule has 0 aromatic rings. The Bertz CT molecular complexity index is 503. The fourth-order valence-electron chi connectivity index (χ4n) is 4.96. The zero-order chi connectivity index (χ0) is 25.7. The minimum atomic E-state index is -1.29. The van der Waals surface area contributed by atoms with E-state index in [9.17, 15) is 20.1 Å². The molecule has 1 aliphatic rings. The molecular weight excluding hydrogens is 442 g/mol. The Kier molecular flexibility index (Phi) is 19.8. The molecule has 0 bridgehead atoms. The molecule has 208 valence electrons. The predicted molar refractivity (Wildman–Crippen MR) is 143 cm³/mol. The molecule has 35 heavy (non-hydrogen) atoms. The number of carbonyl (C=O) groups is 1. The first kappa shape index (κ1) is 32.3. The lowest BCUT2D eigenvalue weighted by Crippen LogP contribution is -2.60. The first-order valence-corrected chi connectivity index (χ1v) is 15.0. The van der Waals surface area contributed by atoms with Gasteiger partial charge >= 0.3 is 0 Å². The molecule has 1 heterocycles. The Hall–Kier alpha value is -0.690. The van der Waals surface area contributed by atoms with Gasteiger partial charge in [-0.25, -0.2) is 0 Å². The van der Waals surface area contributed by atoms with Gasteiger partial charge in [0.2, 0.25) is 5.91 Å². The van der Waals surface area contributed by atoms with Crippen LogP contribution < -0.4 is 0 Å². The summed E-state index contributed by atoms with van der Waals surface area (Å²) in [6.45, 7) is 4.93. The zero-order valence-electron chi connectivity index (χ0n) is 23.0. The SMILES string of the molecule is CCCCCCCCCCCCN(C(=O)CCCCCCCCCCC)[C@@H]1OC[C@H](O)[C@H](O)[C@H]1O. The summed E-state index contributed by atoms with van der Waals surface area (Å²) in [6, 6.07) is 0. The molecule has 0 saturated carbocycles. The highest BCUT2D eigenvalue weighted by molar-refractivity contribution is 5.76. The van der Waals surface area contributed by atoms with Crippen LogP contribution in [0.3, 0.4) is 0 Å². The lowest BCUT2D eigenvalue weighted by Gasteiger charge is -2.41. The van der Waals surface area contributed by atoms with E-state index < -0.39 is 24.5 Å². The van der Waals surface area contributed by atoms with Crippen molar-refractivity contribution in [3.63, 3.8) is 0 Å². The first-order valence-electron chi connectivity index (χ1n) is 15.0. The number of aliphatic hydroxyl groups excluding tert-OH is 3. The molecule has 4 atom stereocenters. The molecule has 0 unspecified atom stereocenters. The fourth-order valence-corrected chi connectivity index (χ4v) is 4.96. The summed E-state index contributed by atoms with van der Waals surface area (Å²) in [5, 5.41) is 30.4. The maximum atomic E-state index is 13.1. The van der Waals surface area contributed by atoms with E-state index in [2.05, 4.69) is 13.8 Å². The summed E-state index contributed by atoms with van der Waals surface area (Å²) in [7, 11) is 0. The number of hydrogen-bond donors (Lipinski definition) is 3. The number of aliphatic hydroxyl groups is 3. The van der Waals surface area contributed by atoms with Gasteiger partial charge in [0, 0.05) is 13.0 Å². The minimum Gasteiger partial charge on any atom is -0.388 e. The number of amides is 1. The summed E-state index contributed by atoms with van der Waals surface area (Å²) in [5.41, 5.74) is 0. The molecule has 6 heteroatoms. The number of hydrogen-bond acceptors (Lipinski definition) is 5. The smallest absolute Gasteiger partial charge is 0.224 e. The third kappa shape index (κ3) is 14.6. The Labute approximate surface area is 215 Å². The quantitative estimate of drug-likeness (QED) is 0.157. The Balaban J connectivity index is 2.36. The van der Waals surface area contributed by atoms with E-state index in [0.29, 0.717) is 13.0 Å². The predicted octanol–water partition coefficient (Wildman–Crippen LogP) is 6.10. The first-order chi connectivity index (χ1) is 17.0. The van der Waals surface area contributed by atoms with E-state index in [4.69, 9.17) is 4.74 Å². The van der Waals surface area contributed by atoms with Crippen LogP contribution in [-0.2, 0) is 9.53 Å². The van der Waals surface area contributed by atoms with Gasteiger partial charge in [-0.3, -0.25) is 4.79 Å². The van der Waals surface area contributed by atoms with Crippen LogP contribution in [0.25, 0.3) is 0 Å². The normalized spacial score (nSPS) is 22.4. The third-order valence-corrected chi connectivity index (χ3v) is 7.35. The lowest BCUT2D eigenvalue weighted by atomic mass is 10.0. The van der Waals surface area contributed by atoms with Gasteiger partial charge in [0.15, 0.2) is 6.23 Å². The summed E-state index contributed by atoms with van der Waals surface area (Å²) in [6.07, 6.45) is 18.8. The summed E-state index contributed by atoms with van der Waals surface area (Å²) in [5.74, 6) is -0.0171. The highest BCUT2D eigenvalue weighted by Crippen LogP contribution is 2.22. The van der Waals surface area contributed by atoms with Crippen LogP contribution in [0, 0.1) is 0 Å². The second-order valence-electron chi connectivity index (χ2n) is 10.6. The van der Waals surface area contributed by atoms with Crippen molar-refractivity contribution in [3.8, 4) is 0 Å². The van der Waals surface area contributed by atoms with Crippen molar-refractivity contribution in [1.29, 1.82) is 0 Å². The Morgan fingerprint density at radius 2 is 1.09 bits per heavy atom. The molecule has 0 aliphatic carbocycles. The minimum absolute atomic E-state index is 0.0171. The van der Waals surface area contributed by atoms with E-state index >= 15 is 0 Å². The zero-order valence-corrected chi connectivity index (χ0v) is 23.0. The van der Waals surface area contributed by atoms with E-state index in [1.54, 1.807) is 4.90 Å². The van der Waals surface area contributed by atoms with Crippen LogP contribution in [0.15, 0.2) is 0 Å². The van der Waals surface area contributed by atoms with Crippen molar-refractivity contribution >= 4 is 5.91 Å². The summed E-state index contributed by atoms with van der Waals surface area (Å²) in [4.78, 5) is 14.7. The Morgan fingerprint density at radius 3 is 1.57 bits per heavy atom. The average Bonchev–Trinajstić information content (AvgIpc) is 2.85. The van der Waals surface area contributed by atoms with Crippen molar-refractivity contribution in [2.45, 2.75) is 167 Å². The van der Waals surface area contributed by atoms with E-state index in [0.717, 1.165) is 38.5 Å². The van der Waals surface area contributed by atoms with Crippen LogP contribution in [0.2, 0.25) is 0 Å². The second-order valence-corrected chi connectivity index (χ2v) is 10.6. The van der Waals surface area contributed by atoms with Crippen molar-refractivity contribution in [2.24, 2.45) is 0 Å². The molecule has 1 saturated heterocycles. The third-order valence-electron chi connectivity index (χ3n) is 7.35. The van der Waals surface area contributed by atoms with Crippen molar-refractivity contribution in [1.82, 2.24) is 4.90 Å². The number of ether oxygens (including phenoxy) is 1. The molecule has 3 N–H and O–H groups in total. The molecule has 0 spiro atoms. The van der Waals surface area contributed by atoms with Crippen LogP contribution in [0.4, 0.5) is 0 Å². The van der Waals surface area contributed by atoms with Crippen LogP contribution in [0.1, 0.15) is 142 Å². The van der Waals surface area contributed by atoms with Crippen molar-refractivity contribution in [3.05, 3.63) is 0 Å². The largest absolute Gasteiger partial charge is 0.388 e. The van der Waals surface area contributed by atoms with Gasteiger partial charge < -0.3 is 25.0 Å². The van der Waals surface area contributed by atoms with E-state index in [1.807, 2.05) is 0 Å². The maximum Gasteiger partial charge on any atom is 0.224 e. The molecule has 1 rings (SSSR count). The highest BCUT2D eigenvalue weighted by atomic mass is 16.5. The van der Waals surface area contributed by atoms with Gasteiger partial charge in [-0.1, -0.05) is 123 Å². The molecule has 0 aromatic carbocycles. The van der Waals surface area contributed by atoms with Crippen molar-refractivity contribution < 1.29 is 24.9 Å². The van der Waals surface area contributed by atoms with Gasteiger partial charge in [-0.2, -0.15) is 0 Å². The Morgan fingerprint density at radius 1 is 0.657 bits per heavy atom. The highest BCUT2D eigenvalue weighted by Gasteiger charge is 2.41. The van der Waals surface area contributed by atoms with E-state index in [-0.39, 0.29) is 12.5 Å². The van der Waals surface area contributed by atoms with Gasteiger partial charge in [0.05, 0.1) is 6.61 Å². The second kappa shape index (κ2) is 21.4. The summed E-state index contributed by atoms with van der Waals surface area (Å²) < 4.78 is 5.64. The topological polar surface area (TPSA) is 90.2 Å². The lowest BCUT2D eigenvalue weighted by molar-refractivity contribution is -0.228. The van der Waals surface area contributed by atoms with Crippen LogP contribution >= 0.6 is 0 Å². The standard InChI is InChI=1S/C29H57NO5/c1-3-5-7-9-11-13-15-17-19-21-23-30(29-28(34)27(33)25(31)24-35-29)26(32)22-20-18-16-14-12-10-8-6-4-2/h25,27-29,31,33-34H,3-24H2,1-2H3/t25-,27-,28+,29+/m0/s1.